The largest absolute Gasteiger partial charge is 0.344 e. The van der Waals surface area contributed by atoms with Gasteiger partial charge in [-0.05, 0) is 18.2 Å². The van der Waals surface area contributed by atoms with Gasteiger partial charge in [-0.15, -0.1) is 11.8 Å². The van der Waals surface area contributed by atoms with Crippen molar-refractivity contribution in [3.63, 3.8) is 0 Å². The van der Waals surface area contributed by atoms with E-state index in [1.807, 2.05) is 18.3 Å². The number of aromatic nitrogens is 2. The molecule has 0 bridgehead atoms. The van der Waals surface area contributed by atoms with Crippen molar-refractivity contribution in [2.75, 3.05) is 0 Å². The summed E-state index contributed by atoms with van der Waals surface area (Å²) in [5, 5.41) is 3.37. The highest BCUT2D eigenvalue weighted by atomic mass is 79.9. The fraction of sp³-hybridized carbons (Fsp3) is 0.357. The van der Waals surface area contributed by atoms with E-state index in [4.69, 9.17) is 0 Å². The summed E-state index contributed by atoms with van der Waals surface area (Å²) in [6.07, 6.45) is 1.91. The molecule has 0 aliphatic carbocycles. The van der Waals surface area contributed by atoms with E-state index in [2.05, 4.69) is 57.2 Å². The zero-order chi connectivity index (χ0) is 13.7. The van der Waals surface area contributed by atoms with Gasteiger partial charge in [-0.1, -0.05) is 35.8 Å². The first-order valence-electron chi connectivity index (χ1n) is 6.28. The van der Waals surface area contributed by atoms with Crippen LogP contribution in [0.3, 0.4) is 0 Å². The molecular weight excluding hydrogens is 322 g/mol. The van der Waals surface area contributed by atoms with Crippen molar-refractivity contribution in [3.8, 4) is 0 Å². The predicted molar refractivity (Wildman–Crippen MR) is 84.3 cm³/mol. The lowest BCUT2D eigenvalue weighted by Gasteiger charge is -2.05. The standard InChI is InChI=1S/C14H18BrN3S/c1-10(2)16-7-12-8-17-14(18-12)9-19-13-5-3-4-11(15)6-13/h3-6,8,10,16H,7,9H2,1-2H3,(H,17,18). The quantitative estimate of drug-likeness (QED) is 0.782. The third-order valence-corrected chi connectivity index (χ3v) is 4.05. The van der Waals surface area contributed by atoms with Gasteiger partial charge in [0.1, 0.15) is 5.82 Å². The Balaban J connectivity index is 1.86. The van der Waals surface area contributed by atoms with E-state index in [0.717, 1.165) is 28.3 Å². The van der Waals surface area contributed by atoms with Crippen LogP contribution in [0.25, 0.3) is 0 Å². The molecule has 2 aromatic rings. The Morgan fingerprint density at radius 2 is 2.26 bits per heavy atom. The van der Waals surface area contributed by atoms with Crippen molar-refractivity contribution in [1.82, 2.24) is 15.3 Å². The number of rotatable bonds is 6. The third kappa shape index (κ3) is 5.01. The highest BCUT2D eigenvalue weighted by Crippen LogP contribution is 2.24. The monoisotopic (exact) mass is 339 g/mol. The van der Waals surface area contributed by atoms with Crippen molar-refractivity contribution < 1.29 is 0 Å². The minimum Gasteiger partial charge on any atom is -0.344 e. The summed E-state index contributed by atoms with van der Waals surface area (Å²) in [6.45, 7) is 5.12. The fourth-order valence-corrected chi connectivity index (χ4v) is 2.98. The van der Waals surface area contributed by atoms with Gasteiger partial charge in [-0.3, -0.25) is 0 Å². The molecule has 3 nitrogen and oxygen atoms in total. The number of benzene rings is 1. The summed E-state index contributed by atoms with van der Waals surface area (Å²) in [4.78, 5) is 8.99. The zero-order valence-electron chi connectivity index (χ0n) is 11.1. The number of halogens is 1. The Morgan fingerprint density at radius 3 is 3.00 bits per heavy atom. The van der Waals surface area contributed by atoms with Gasteiger partial charge in [0, 0.05) is 33.8 Å². The number of imidazole rings is 1. The molecule has 0 aliphatic rings. The van der Waals surface area contributed by atoms with Gasteiger partial charge in [0.05, 0.1) is 5.75 Å². The average Bonchev–Trinajstić information content (AvgIpc) is 2.82. The molecule has 19 heavy (non-hydrogen) atoms. The molecule has 0 amide bonds. The van der Waals surface area contributed by atoms with Crippen LogP contribution in [0.15, 0.2) is 39.8 Å². The normalized spacial score (nSPS) is 11.2. The summed E-state index contributed by atoms with van der Waals surface area (Å²) in [6, 6.07) is 8.80. The molecule has 2 rings (SSSR count). The van der Waals surface area contributed by atoms with Crippen LogP contribution < -0.4 is 5.32 Å². The molecule has 102 valence electrons. The van der Waals surface area contributed by atoms with Gasteiger partial charge in [0.2, 0.25) is 0 Å². The second-order valence-corrected chi connectivity index (χ2v) is 6.60. The maximum atomic E-state index is 4.40. The first-order chi connectivity index (χ1) is 9.13. The smallest absolute Gasteiger partial charge is 0.116 e. The van der Waals surface area contributed by atoms with E-state index in [1.165, 1.54) is 4.90 Å². The summed E-state index contributed by atoms with van der Waals surface area (Å²) < 4.78 is 1.11. The number of nitrogens with zero attached hydrogens (tertiary/aromatic N) is 1. The van der Waals surface area contributed by atoms with Crippen molar-refractivity contribution in [2.24, 2.45) is 0 Å². The number of nitrogens with one attached hydrogen (secondary N) is 2. The Kier molecular flexibility index (Phi) is 5.48. The van der Waals surface area contributed by atoms with Crippen LogP contribution in [0.4, 0.5) is 0 Å². The van der Waals surface area contributed by atoms with Gasteiger partial charge in [-0.25, -0.2) is 4.98 Å². The Bertz CT molecular complexity index is 525. The van der Waals surface area contributed by atoms with Crippen LogP contribution in [0, 0.1) is 0 Å². The molecule has 1 aromatic carbocycles. The molecule has 2 N–H and O–H groups in total. The predicted octanol–water partition coefficient (Wildman–Crippen LogP) is 3.96. The lowest BCUT2D eigenvalue weighted by atomic mass is 10.4. The van der Waals surface area contributed by atoms with Crippen LogP contribution in [0.2, 0.25) is 0 Å². The lowest BCUT2D eigenvalue weighted by molar-refractivity contribution is 0.582. The summed E-state index contributed by atoms with van der Waals surface area (Å²) in [5.74, 6) is 1.88. The van der Waals surface area contributed by atoms with Crippen LogP contribution in [-0.2, 0) is 12.3 Å². The second kappa shape index (κ2) is 7.12. The van der Waals surface area contributed by atoms with Crippen molar-refractivity contribution >= 4 is 27.7 Å². The third-order valence-electron chi connectivity index (χ3n) is 2.55. The fourth-order valence-electron chi connectivity index (χ4n) is 1.59. The van der Waals surface area contributed by atoms with E-state index in [9.17, 15) is 0 Å². The van der Waals surface area contributed by atoms with E-state index in [0.29, 0.717) is 6.04 Å². The first-order valence-corrected chi connectivity index (χ1v) is 8.06. The highest BCUT2D eigenvalue weighted by Gasteiger charge is 2.03. The number of hydrogen-bond donors (Lipinski definition) is 2. The van der Waals surface area contributed by atoms with Crippen LogP contribution in [-0.4, -0.2) is 16.0 Å². The van der Waals surface area contributed by atoms with Crippen LogP contribution >= 0.6 is 27.7 Å². The Hall–Kier alpha value is -0.780. The van der Waals surface area contributed by atoms with Crippen molar-refractivity contribution in [3.05, 3.63) is 46.5 Å². The SMILES string of the molecule is CC(C)NCc1cnc(CSc2cccc(Br)c2)[nH]1. The number of hydrogen-bond acceptors (Lipinski definition) is 3. The summed E-state index contributed by atoms with van der Waals surface area (Å²) in [5.41, 5.74) is 1.14. The Labute approximate surface area is 126 Å². The first kappa shape index (κ1) is 14.6. The van der Waals surface area contributed by atoms with E-state index in [1.54, 1.807) is 11.8 Å². The lowest BCUT2D eigenvalue weighted by Crippen LogP contribution is -2.21. The van der Waals surface area contributed by atoms with Gasteiger partial charge in [0.15, 0.2) is 0 Å². The molecular formula is C14H18BrN3S. The van der Waals surface area contributed by atoms with E-state index in [-0.39, 0.29) is 0 Å². The molecule has 0 atom stereocenters. The molecule has 0 saturated carbocycles. The summed E-state index contributed by atoms with van der Waals surface area (Å²) >= 11 is 5.26. The minimum atomic E-state index is 0.489. The van der Waals surface area contributed by atoms with E-state index < -0.39 is 0 Å². The molecule has 0 radical (unpaired) electrons. The van der Waals surface area contributed by atoms with Crippen molar-refractivity contribution in [1.29, 1.82) is 0 Å². The van der Waals surface area contributed by atoms with Crippen molar-refractivity contribution in [2.45, 2.75) is 37.1 Å². The van der Waals surface area contributed by atoms with Gasteiger partial charge in [-0.2, -0.15) is 0 Å². The topological polar surface area (TPSA) is 40.7 Å². The molecule has 0 aliphatic heterocycles. The number of H-pyrrole nitrogens is 1. The van der Waals surface area contributed by atoms with Crippen LogP contribution in [0.1, 0.15) is 25.4 Å². The zero-order valence-corrected chi connectivity index (χ0v) is 13.5. The molecule has 0 fully saturated rings. The average molecular weight is 340 g/mol. The molecule has 1 aromatic heterocycles. The molecule has 5 heteroatoms. The minimum absolute atomic E-state index is 0.489. The van der Waals surface area contributed by atoms with E-state index >= 15 is 0 Å². The maximum Gasteiger partial charge on any atom is 0.116 e. The van der Waals surface area contributed by atoms with Gasteiger partial charge >= 0.3 is 0 Å². The van der Waals surface area contributed by atoms with Gasteiger partial charge < -0.3 is 10.3 Å². The number of thioether (sulfide) groups is 1. The molecule has 0 saturated heterocycles. The van der Waals surface area contributed by atoms with Gasteiger partial charge in [0.25, 0.3) is 0 Å². The second-order valence-electron chi connectivity index (χ2n) is 4.64. The molecule has 0 unspecified atom stereocenters. The highest BCUT2D eigenvalue weighted by molar-refractivity contribution is 9.10. The summed E-state index contributed by atoms with van der Waals surface area (Å²) in [7, 11) is 0. The molecule has 0 spiro atoms. The maximum absolute atomic E-state index is 4.40. The molecule has 1 heterocycles. The number of aromatic amines is 1. The Morgan fingerprint density at radius 1 is 1.42 bits per heavy atom. The van der Waals surface area contributed by atoms with Crippen LogP contribution in [0.5, 0.6) is 0 Å².